The molecule has 0 aromatic carbocycles. The van der Waals surface area contributed by atoms with Crippen molar-refractivity contribution in [2.45, 2.75) is 19.8 Å². The summed E-state index contributed by atoms with van der Waals surface area (Å²) in [5.41, 5.74) is 0.902. The SMILES string of the molecule is CC(CC(=O)NCCc1ccccn1)C(=O)O. The van der Waals surface area contributed by atoms with Gasteiger partial charge in [0.05, 0.1) is 5.92 Å². The summed E-state index contributed by atoms with van der Waals surface area (Å²) in [5.74, 6) is -1.84. The molecule has 0 fully saturated rings. The molecule has 1 atom stereocenters. The summed E-state index contributed by atoms with van der Waals surface area (Å²) < 4.78 is 0. The summed E-state index contributed by atoms with van der Waals surface area (Å²) in [6.07, 6.45) is 2.36. The van der Waals surface area contributed by atoms with Crippen molar-refractivity contribution in [3.05, 3.63) is 30.1 Å². The van der Waals surface area contributed by atoms with Crippen LogP contribution in [-0.4, -0.2) is 28.5 Å². The van der Waals surface area contributed by atoms with E-state index in [0.29, 0.717) is 13.0 Å². The van der Waals surface area contributed by atoms with Gasteiger partial charge in [0.25, 0.3) is 0 Å². The summed E-state index contributed by atoms with van der Waals surface area (Å²) in [6.45, 7) is 1.99. The van der Waals surface area contributed by atoms with E-state index in [2.05, 4.69) is 10.3 Å². The first-order valence-electron chi connectivity index (χ1n) is 5.49. The van der Waals surface area contributed by atoms with Crippen molar-refractivity contribution in [1.82, 2.24) is 10.3 Å². The van der Waals surface area contributed by atoms with Gasteiger partial charge in [-0.05, 0) is 12.1 Å². The average molecular weight is 236 g/mol. The minimum absolute atomic E-state index is 0.0115. The molecule has 0 aliphatic rings. The minimum atomic E-state index is -0.954. The Hall–Kier alpha value is -1.91. The maximum atomic E-state index is 11.4. The highest BCUT2D eigenvalue weighted by molar-refractivity contribution is 5.81. The number of hydrogen-bond donors (Lipinski definition) is 2. The van der Waals surface area contributed by atoms with E-state index in [4.69, 9.17) is 5.11 Å². The zero-order chi connectivity index (χ0) is 12.7. The van der Waals surface area contributed by atoms with Gasteiger partial charge in [0, 0.05) is 31.3 Å². The quantitative estimate of drug-likeness (QED) is 0.767. The molecule has 5 heteroatoms. The first kappa shape index (κ1) is 13.2. The highest BCUT2D eigenvalue weighted by atomic mass is 16.4. The third-order valence-corrected chi connectivity index (χ3v) is 2.34. The number of aliphatic carboxylic acids is 1. The number of pyridine rings is 1. The second kappa shape index (κ2) is 6.62. The van der Waals surface area contributed by atoms with Crippen LogP contribution in [0, 0.1) is 5.92 Å². The molecule has 1 amide bonds. The van der Waals surface area contributed by atoms with Gasteiger partial charge in [0.15, 0.2) is 0 Å². The predicted octanol–water partition coefficient (Wildman–Crippen LogP) is 0.851. The van der Waals surface area contributed by atoms with E-state index < -0.39 is 11.9 Å². The first-order valence-corrected chi connectivity index (χ1v) is 5.49. The number of carboxylic acids is 1. The van der Waals surface area contributed by atoms with E-state index in [1.807, 2.05) is 18.2 Å². The molecule has 1 unspecified atom stereocenters. The Morgan fingerprint density at radius 2 is 2.24 bits per heavy atom. The van der Waals surface area contributed by atoms with Crippen LogP contribution in [-0.2, 0) is 16.0 Å². The lowest BCUT2D eigenvalue weighted by molar-refractivity contribution is -0.143. The Balaban J connectivity index is 2.23. The molecule has 1 rings (SSSR count). The number of amides is 1. The topological polar surface area (TPSA) is 79.3 Å². The number of nitrogens with zero attached hydrogens (tertiary/aromatic N) is 1. The maximum Gasteiger partial charge on any atom is 0.306 e. The van der Waals surface area contributed by atoms with E-state index in [0.717, 1.165) is 5.69 Å². The third-order valence-electron chi connectivity index (χ3n) is 2.34. The smallest absolute Gasteiger partial charge is 0.306 e. The van der Waals surface area contributed by atoms with Gasteiger partial charge in [-0.2, -0.15) is 0 Å². The van der Waals surface area contributed by atoms with Crippen LogP contribution in [0.15, 0.2) is 24.4 Å². The van der Waals surface area contributed by atoms with Crippen molar-refractivity contribution in [1.29, 1.82) is 0 Å². The summed E-state index contributed by atoms with van der Waals surface area (Å²) in [7, 11) is 0. The van der Waals surface area contributed by atoms with Crippen LogP contribution >= 0.6 is 0 Å². The van der Waals surface area contributed by atoms with Crippen LogP contribution in [0.1, 0.15) is 19.0 Å². The number of aromatic nitrogens is 1. The first-order chi connectivity index (χ1) is 8.09. The molecular weight excluding hydrogens is 220 g/mol. The van der Waals surface area contributed by atoms with Crippen LogP contribution < -0.4 is 5.32 Å². The lowest BCUT2D eigenvalue weighted by Gasteiger charge is -2.07. The Bertz CT molecular complexity index is 379. The molecule has 92 valence electrons. The number of carbonyl (C=O) groups is 2. The van der Waals surface area contributed by atoms with Crippen LogP contribution in [0.25, 0.3) is 0 Å². The van der Waals surface area contributed by atoms with E-state index in [-0.39, 0.29) is 12.3 Å². The maximum absolute atomic E-state index is 11.4. The molecule has 0 saturated heterocycles. The number of rotatable bonds is 6. The molecule has 0 aliphatic carbocycles. The Kier molecular flexibility index (Phi) is 5.13. The van der Waals surface area contributed by atoms with E-state index in [1.165, 1.54) is 6.92 Å². The van der Waals surface area contributed by atoms with Crippen LogP contribution in [0.2, 0.25) is 0 Å². The molecule has 0 spiro atoms. The predicted molar refractivity (Wildman–Crippen MR) is 62.4 cm³/mol. The minimum Gasteiger partial charge on any atom is -0.481 e. The highest BCUT2D eigenvalue weighted by Gasteiger charge is 2.15. The van der Waals surface area contributed by atoms with Crippen molar-refractivity contribution >= 4 is 11.9 Å². The fraction of sp³-hybridized carbons (Fsp3) is 0.417. The highest BCUT2D eigenvalue weighted by Crippen LogP contribution is 2.01. The van der Waals surface area contributed by atoms with Crippen molar-refractivity contribution in [3.63, 3.8) is 0 Å². The van der Waals surface area contributed by atoms with Gasteiger partial charge in [-0.3, -0.25) is 14.6 Å². The molecule has 1 aromatic heterocycles. The molecule has 1 heterocycles. The Labute approximate surface area is 99.9 Å². The standard InChI is InChI=1S/C12H16N2O3/c1-9(12(16)17)8-11(15)14-7-5-10-4-2-3-6-13-10/h2-4,6,9H,5,7-8H2,1H3,(H,14,15)(H,16,17). The van der Waals surface area contributed by atoms with Crippen molar-refractivity contribution < 1.29 is 14.7 Å². The number of hydrogen-bond acceptors (Lipinski definition) is 3. The van der Waals surface area contributed by atoms with Gasteiger partial charge in [0.2, 0.25) is 5.91 Å². The Morgan fingerprint density at radius 1 is 1.47 bits per heavy atom. The molecule has 0 saturated carbocycles. The van der Waals surface area contributed by atoms with Crippen LogP contribution in [0.3, 0.4) is 0 Å². The monoisotopic (exact) mass is 236 g/mol. The number of carbonyl (C=O) groups excluding carboxylic acids is 1. The molecule has 2 N–H and O–H groups in total. The lowest BCUT2D eigenvalue weighted by atomic mass is 10.1. The molecule has 0 radical (unpaired) electrons. The summed E-state index contributed by atoms with van der Waals surface area (Å²) in [4.78, 5) is 26.0. The van der Waals surface area contributed by atoms with Crippen molar-refractivity contribution in [2.24, 2.45) is 5.92 Å². The molecule has 0 aliphatic heterocycles. The summed E-state index contributed by atoms with van der Waals surface area (Å²) >= 11 is 0. The van der Waals surface area contributed by atoms with Gasteiger partial charge in [-0.15, -0.1) is 0 Å². The van der Waals surface area contributed by atoms with Crippen molar-refractivity contribution in [3.8, 4) is 0 Å². The second-order valence-corrected chi connectivity index (χ2v) is 3.86. The Morgan fingerprint density at radius 3 is 2.82 bits per heavy atom. The molecule has 17 heavy (non-hydrogen) atoms. The van der Waals surface area contributed by atoms with Crippen LogP contribution in [0.4, 0.5) is 0 Å². The van der Waals surface area contributed by atoms with Gasteiger partial charge in [-0.25, -0.2) is 0 Å². The van der Waals surface area contributed by atoms with Gasteiger partial charge in [0.1, 0.15) is 0 Å². The fourth-order valence-electron chi connectivity index (χ4n) is 1.31. The second-order valence-electron chi connectivity index (χ2n) is 3.86. The van der Waals surface area contributed by atoms with E-state index >= 15 is 0 Å². The largest absolute Gasteiger partial charge is 0.481 e. The van der Waals surface area contributed by atoms with Gasteiger partial charge in [-0.1, -0.05) is 13.0 Å². The summed E-state index contributed by atoms with van der Waals surface area (Å²) in [6, 6.07) is 5.60. The normalized spacial score (nSPS) is 11.8. The number of carboxylic acid groups (broad SMARTS) is 1. The molecular formula is C12H16N2O3. The zero-order valence-corrected chi connectivity index (χ0v) is 9.72. The zero-order valence-electron chi connectivity index (χ0n) is 9.72. The van der Waals surface area contributed by atoms with Crippen molar-refractivity contribution in [2.75, 3.05) is 6.54 Å². The van der Waals surface area contributed by atoms with Gasteiger partial charge < -0.3 is 10.4 Å². The molecule has 0 bridgehead atoms. The molecule has 1 aromatic rings. The van der Waals surface area contributed by atoms with E-state index in [1.54, 1.807) is 6.20 Å². The molecule has 5 nitrogen and oxygen atoms in total. The van der Waals surface area contributed by atoms with Crippen LogP contribution in [0.5, 0.6) is 0 Å². The number of nitrogens with one attached hydrogen (secondary N) is 1. The van der Waals surface area contributed by atoms with E-state index in [9.17, 15) is 9.59 Å². The summed E-state index contributed by atoms with van der Waals surface area (Å²) in [5, 5.41) is 11.3. The lowest BCUT2D eigenvalue weighted by Crippen LogP contribution is -2.29. The average Bonchev–Trinajstić information content (AvgIpc) is 2.30. The fourth-order valence-corrected chi connectivity index (χ4v) is 1.31. The third kappa shape index (κ3) is 5.10. The van der Waals surface area contributed by atoms with Gasteiger partial charge >= 0.3 is 5.97 Å².